The highest BCUT2D eigenvalue weighted by Crippen LogP contribution is 2.17. The molecule has 0 saturated heterocycles. The largest absolute Gasteiger partial charge is 0.384 e. The molecule has 20 heavy (non-hydrogen) atoms. The monoisotopic (exact) mass is 277 g/mol. The molecule has 106 valence electrons. The van der Waals surface area contributed by atoms with E-state index < -0.39 is 11.6 Å². The van der Waals surface area contributed by atoms with Crippen LogP contribution in [0.2, 0.25) is 0 Å². The maximum atomic E-state index is 13.5. The Kier molecular flexibility index (Phi) is 5.07. The van der Waals surface area contributed by atoms with Crippen molar-refractivity contribution in [2.75, 3.05) is 19.0 Å². The van der Waals surface area contributed by atoms with Crippen molar-refractivity contribution in [3.05, 3.63) is 65.2 Å². The number of rotatable bonds is 6. The van der Waals surface area contributed by atoms with E-state index in [4.69, 9.17) is 4.74 Å². The van der Waals surface area contributed by atoms with Gasteiger partial charge in [-0.1, -0.05) is 24.3 Å². The van der Waals surface area contributed by atoms with Gasteiger partial charge in [-0.15, -0.1) is 0 Å². The number of benzene rings is 2. The minimum absolute atomic E-state index is 0.299. The molecule has 0 spiro atoms. The molecular formula is C16H17F2NO. The summed E-state index contributed by atoms with van der Waals surface area (Å²) in [6.45, 7) is 1.13. The molecule has 0 saturated carbocycles. The zero-order chi connectivity index (χ0) is 14.4. The molecule has 0 amide bonds. The number of halogens is 2. The van der Waals surface area contributed by atoms with E-state index >= 15 is 0 Å². The Bertz CT molecular complexity index is 572. The quantitative estimate of drug-likeness (QED) is 0.868. The maximum absolute atomic E-state index is 13.5. The van der Waals surface area contributed by atoms with E-state index in [-0.39, 0.29) is 0 Å². The summed E-state index contributed by atoms with van der Waals surface area (Å²) < 4.78 is 31.4. The molecule has 2 aromatic carbocycles. The van der Waals surface area contributed by atoms with E-state index in [0.717, 1.165) is 23.6 Å². The van der Waals surface area contributed by atoms with Crippen molar-refractivity contribution < 1.29 is 13.5 Å². The van der Waals surface area contributed by atoms with Crippen LogP contribution in [-0.2, 0) is 17.7 Å². The van der Waals surface area contributed by atoms with Crippen LogP contribution in [0.3, 0.4) is 0 Å². The predicted molar refractivity (Wildman–Crippen MR) is 75.7 cm³/mol. The first-order chi connectivity index (χ1) is 9.70. The molecule has 0 aromatic heterocycles. The van der Waals surface area contributed by atoms with E-state index in [1.807, 2.05) is 24.3 Å². The lowest BCUT2D eigenvalue weighted by Gasteiger charge is -2.12. The van der Waals surface area contributed by atoms with Crippen LogP contribution >= 0.6 is 0 Å². The number of hydrogen-bond donors (Lipinski definition) is 1. The second-order valence-electron chi connectivity index (χ2n) is 4.49. The van der Waals surface area contributed by atoms with Crippen LogP contribution < -0.4 is 5.32 Å². The minimum Gasteiger partial charge on any atom is -0.384 e. The lowest BCUT2D eigenvalue weighted by atomic mass is 10.0. The summed E-state index contributed by atoms with van der Waals surface area (Å²) in [4.78, 5) is 0. The second kappa shape index (κ2) is 7.01. The fourth-order valence-corrected chi connectivity index (χ4v) is 2.01. The average molecular weight is 277 g/mol. The topological polar surface area (TPSA) is 21.3 Å². The molecule has 2 nitrogen and oxygen atoms in total. The number of anilines is 1. The van der Waals surface area contributed by atoms with Crippen molar-refractivity contribution >= 4 is 5.69 Å². The van der Waals surface area contributed by atoms with E-state index in [9.17, 15) is 8.78 Å². The summed E-state index contributed by atoms with van der Waals surface area (Å²) in [5.74, 6) is -1.16. The normalized spacial score (nSPS) is 10.6. The fraction of sp³-hybridized carbons (Fsp3) is 0.250. The third-order valence-electron chi connectivity index (χ3n) is 3.09. The highest BCUT2D eigenvalue weighted by molar-refractivity contribution is 5.45. The summed E-state index contributed by atoms with van der Waals surface area (Å²) in [6.07, 6.45) is 0.806. The highest BCUT2D eigenvalue weighted by atomic mass is 19.1. The first-order valence-electron chi connectivity index (χ1n) is 6.45. The molecule has 1 N–H and O–H groups in total. The van der Waals surface area contributed by atoms with Crippen molar-refractivity contribution in [2.45, 2.75) is 13.0 Å². The van der Waals surface area contributed by atoms with Crippen LogP contribution in [-0.4, -0.2) is 13.7 Å². The van der Waals surface area contributed by atoms with Crippen molar-refractivity contribution in [3.63, 3.8) is 0 Å². The first-order valence-corrected chi connectivity index (χ1v) is 6.45. The Balaban J connectivity index is 2.06. The lowest BCUT2D eigenvalue weighted by Crippen LogP contribution is -2.06. The number of methoxy groups -OCH3 is 1. The molecule has 0 heterocycles. The first kappa shape index (κ1) is 14.5. The van der Waals surface area contributed by atoms with Gasteiger partial charge in [-0.25, -0.2) is 8.78 Å². The van der Waals surface area contributed by atoms with E-state index in [1.54, 1.807) is 7.11 Å². The van der Waals surface area contributed by atoms with Gasteiger partial charge in [-0.05, 0) is 29.7 Å². The third-order valence-corrected chi connectivity index (χ3v) is 3.09. The van der Waals surface area contributed by atoms with Crippen LogP contribution in [0.25, 0.3) is 0 Å². The van der Waals surface area contributed by atoms with Gasteiger partial charge in [0.15, 0.2) is 0 Å². The summed E-state index contributed by atoms with van der Waals surface area (Å²) in [6, 6.07) is 11.4. The van der Waals surface area contributed by atoms with Gasteiger partial charge in [0.25, 0.3) is 0 Å². The smallest absolute Gasteiger partial charge is 0.149 e. The summed E-state index contributed by atoms with van der Waals surface area (Å²) in [5.41, 5.74) is 2.53. The van der Waals surface area contributed by atoms with Crippen LogP contribution in [0.15, 0.2) is 42.5 Å². The molecule has 4 heteroatoms. The number of hydrogen-bond acceptors (Lipinski definition) is 2. The molecule has 0 radical (unpaired) electrons. The van der Waals surface area contributed by atoms with Gasteiger partial charge in [-0.3, -0.25) is 0 Å². The molecular weight excluding hydrogens is 260 g/mol. The number of ether oxygens (including phenoxy) is 1. The average Bonchev–Trinajstić information content (AvgIpc) is 2.45. The van der Waals surface area contributed by atoms with E-state index in [0.29, 0.717) is 18.8 Å². The Hall–Kier alpha value is -1.94. The van der Waals surface area contributed by atoms with Gasteiger partial charge in [0.05, 0.1) is 12.3 Å². The van der Waals surface area contributed by atoms with Gasteiger partial charge >= 0.3 is 0 Å². The predicted octanol–water partition coefficient (Wildman–Crippen LogP) is 3.77. The lowest BCUT2D eigenvalue weighted by molar-refractivity contribution is 0.202. The SMILES string of the molecule is COCCc1ccccc1CNc1ccc(F)cc1F. The molecule has 0 aliphatic heterocycles. The van der Waals surface area contributed by atoms with Crippen molar-refractivity contribution in [2.24, 2.45) is 0 Å². The Morgan fingerprint density at radius 1 is 1.05 bits per heavy atom. The minimum atomic E-state index is -0.584. The van der Waals surface area contributed by atoms with E-state index in [1.165, 1.54) is 12.1 Å². The summed E-state index contributed by atoms with van der Waals surface area (Å²) in [7, 11) is 1.66. The Morgan fingerprint density at radius 3 is 2.50 bits per heavy atom. The molecule has 0 bridgehead atoms. The number of nitrogens with one attached hydrogen (secondary N) is 1. The van der Waals surface area contributed by atoms with Gasteiger partial charge in [0, 0.05) is 19.7 Å². The van der Waals surface area contributed by atoms with E-state index in [2.05, 4.69) is 5.32 Å². The zero-order valence-corrected chi connectivity index (χ0v) is 11.3. The molecule has 2 aromatic rings. The third kappa shape index (κ3) is 3.78. The molecule has 0 unspecified atom stereocenters. The van der Waals surface area contributed by atoms with Gasteiger partial charge in [0.2, 0.25) is 0 Å². The summed E-state index contributed by atoms with van der Waals surface area (Å²) in [5, 5.41) is 2.99. The molecule has 0 aliphatic rings. The van der Waals surface area contributed by atoms with Gasteiger partial charge in [0.1, 0.15) is 11.6 Å². The van der Waals surface area contributed by atoms with Crippen molar-refractivity contribution in [1.29, 1.82) is 0 Å². The van der Waals surface area contributed by atoms with Crippen molar-refractivity contribution in [3.8, 4) is 0 Å². The molecule has 0 aliphatic carbocycles. The Labute approximate surface area is 117 Å². The fourth-order valence-electron chi connectivity index (χ4n) is 2.01. The van der Waals surface area contributed by atoms with Crippen LogP contribution in [0.5, 0.6) is 0 Å². The Morgan fingerprint density at radius 2 is 1.80 bits per heavy atom. The molecule has 2 rings (SSSR count). The zero-order valence-electron chi connectivity index (χ0n) is 11.3. The van der Waals surface area contributed by atoms with Gasteiger partial charge in [-0.2, -0.15) is 0 Å². The van der Waals surface area contributed by atoms with Gasteiger partial charge < -0.3 is 10.1 Å². The van der Waals surface area contributed by atoms with Crippen LogP contribution in [0.1, 0.15) is 11.1 Å². The highest BCUT2D eigenvalue weighted by Gasteiger charge is 2.05. The summed E-state index contributed by atoms with van der Waals surface area (Å²) >= 11 is 0. The van der Waals surface area contributed by atoms with Crippen LogP contribution in [0, 0.1) is 11.6 Å². The van der Waals surface area contributed by atoms with Crippen molar-refractivity contribution in [1.82, 2.24) is 0 Å². The molecule has 0 atom stereocenters. The maximum Gasteiger partial charge on any atom is 0.149 e. The molecule has 0 fully saturated rings. The van der Waals surface area contributed by atoms with Crippen LogP contribution in [0.4, 0.5) is 14.5 Å². The second-order valence-corrected chi connectivity index (χ2v) is 4.49. The standard InChI is InChI=1S/C16H17F2NO/c1-20-9-8-12-4-2-3-5-13(12)11-19-16-7-6-14(17)10-15(16)18/h2-7,10,19H,8-9,11H2,1H3.